The molecule has 112 valence electrons. The molecule has 1 aromatic heterocycles. The van der Waals surface area contributed by atoms with Crippen molar-refractivity contribution < 1.29 is 4.79 Å². The first-order valence-electron chi connectivity index (χ1n) is 6.84. The van der Waals surface area contributed by atoms with E-state index in [4.69, 9.17) is 5.73 Å². The zero-order chi connectivity index (χ0) is 15.3. The van der Waals surface area contributed by atoms with E-state index in [1.54, 1.807) is 6.07 Å². The van der Waals surface area contributed by atoms with Crippen LogP contribution >= 0.6 is 0 Å². The van der Waals surface area contributed by atoms with Crippen LogP contribution in [0.4, 0.5) is 11.6 Å². The van der Waals surface area contributed by atoms with E-state index in [2.05, 4.69) is 34.4 Å². The summed E-state index contributed by atoms with van der Waals surface area (Å²) in [7, 11) is 0. The smallest absolute Gasteiger partial charge is 0.239 e. The molecule has 0 saturated carbocycles. The number of nitrogens with two attached hydrogens (primary N) is 1. The van der Waals surface area contributed by atoms with Gasteiger partial charge < -0.3 is 16.4 Å². The van der Waals surface area contributed by atoms with Crippen LogP contribution in [0.15, 0.2) is 6.07 Å². The van der Waals surface area contributed by atoms with Gasteiger partial charge in [0.15, 0.2) is 0 Å². The summed E-state index contributed by atoms with van der Waals surface area (Å²) in [5, 5.41) is 5.81. The van der Waals surface area contributed by atoms with Gasteiger partial charge in [0.2, 0.25) is 5.91 Å². The van der Waals surface area contributed by atoms with Crippen molar-refractivity contribution >= 4 is 17.5 Å². The summed E-state index contributed by atoms with van der Waals surface area (Å²) in [5.41, 5.74) is 5.58. The van der Waals surface area contributed by atoms with Gasteiger partial charge in [0.05, 0.1) is 6.54 Å². The normalized spacial score (nSPS) is 11.5. The lowest BCUT2D eigenvalue weighted by Crippen LogP contribution is -2.32. The highest BCUT2D eigenvalue weighted by Crippen LogP contribution is 2.20. The predicted octanol–water partition coefficient (Wildman–Crippen LogP) is 1.54. The molecule has 0 aliphatic heterocycles. The average molecular weight is 279 g/mol. The quantitative estimate of drug-likeness (QED) is 0.760. The lowest BCUT2D eigenvalue weighted by atomic mass is 9.96. The maximum Gasteiger partial charge on any atom is 0.239 e. The van der Waals surface area contributed by atoms with Gasteiger partial charge in [0.1, 0.15) is 17.5 Å². The first-order valence-corrected chi connectivity index (χ1v) is 6.84. The lowest BCUT2D eigenvalue weighted by Gasteiger charge is -2.18. The molecule has 1 aromatic rings. The molecule has 0 atom stereocenters. The summed E-state index contributed by atoms with van der Waals surface area (Å²) in [6.07, 6.45) is 0. The van der Waals surface area contributed by atoms with Crippen molar-refractivity contribution in [2.45, 2.75) is 40.0 Å². The van der Waals surface area contributed by atoms with Crippen LogP contribution in [0.3, 0.4) is 0 Å². The van der Waals surface area contributed by atoms with Crippen LogP contribution in [0.25, 0.3) is 0 Å². The van der Waals surface area contributed by atoms with Gasteiger partial charge >= 0.3 is 0 Å². The van der Waals surface area contributed by atoms with Gasteiger partial charge in [0, 0.05) is 18.0 Å². The Labute approximate surface area is 120 Å². The van der Waals surface area contributed by atoms with Gasteiger partial charge in [-0.15, -0.1) is 0 Å². The van der Waals surface area contributed by atoms with Crippen LogP contribution in [0, 0.1) is 5.92 Å². The number of nitrogens with zero attached hydrogens (tertiary/aromatic N) is 2. The Balaban J connectivity index is 2.64. The van der Waals surface area contributed by atoms with Crippen molar-refractivity contribution in [2.24, 2.45) is 5.92 Å². The SMILES string of the molecule is CC(C)CNC(=O)CNc1cc(N)nc(C(C)(C)C)n1. The largest absolute Gasteiger partial charge is 0.384 e. The Morgan fingerprint density at radius 1 is 1.35 bits per heavy atom. The maximum absolute atomic E-state index is 11.6. The van der Waals surface area contributed by atoms with Crippen LogP contribution in [-0.4, -0.2) is 29.0 Å². The van der Waals surface area contributed by atoms with Crippen molar-refractivity contribution in [3.05, 3.63) is 11.9 Å². The molecule has 20 heavy (non-hydrogen) atoms. The van der Waals surface area contributed by atoms with E-state index in [0.717, 1.165) is 0 Å². The molecule has 0 radical (unpaired) electrons. The maximum atomic E-state index is 11.6. The minimum Gasteiger partial charge on any atom is -0.384 e. The monoisotopic (exact) mass is 279 g/mol. The molecule has 0 fully saturated rings. The fraction of sp³-hybridized carbons (Fsp3) is 0.643. The van der Waals surface area contributed by atoms with E-state index in [1.807, 2.05) is 20.8 Å². The highest BCUT2D eigenvalue weighted by molar-refractivity contribution is 5.80. The standard InChI is InChI=1S/C14H25N5O/c1-9(2)7-17-12(20)8-16-11-6-10(15)18-13(19-11)14(3,4)5/h6,9H,7-8H2,1-5H3,(H,17,20)(H3,15,16,18,19). The molecule has 0 aliphatic rings. The van der Waals surface area contributed by atoms with E-state index in [0.29, 0.717) is 29.9 Å². The van der Waals surface area contributed by atoms with Gasteiger partial charge in [-0.1, -0.05) is 34.6 Å². The average Bonchev–Trinajstić information content (AvgIpc) is 2.32. The Morgan fingerprint density at radius 3 is 2.55 bits per heavy atom. The number of hydrogen-bond acceptors (Lipinski definition) is 5. The highest BCUT2D eigenvalue weighted by Gasteiger charge is 2.18. The topological polar surface area (TPSA) is 92.9 Å². The fourth-order valence-corrected chi connectivity index (χ4v) is 1.44. The van der Waals surface area contributed by atoms with Crippen LogP contribution in [0.5, 0.6) is 0 Å². The minimum absolute atomic E-state index is 0.0619. The van der Waals surface area contributed by atoms with E-state index >= 15 is 0 Å². The van der Waals surface area contributed by atoms with Crippen LogP contribution < -0.4 is 16.4 Å². The lowest BCUT2D eigenvalue weighted by molar-refractivity contribution is -0.119. The molecule has 6 nitrogen and oxygen atoms in total. The third-order valence-corrected chi connectivity index (χ3v) is 2.55. The van der Waals surface area contributed by atoms with Crippen LogP contribution in [0.1, 0.15) is 40.4 Å². The number of nitrogen functional groups attached to an aromatic ring is 1. The number of anilines is 2. The Bertz CT molecular complexity index is 465. The molecule has 0 unspecified atom stereocenters. The van der Waals surface area contributed by atoms with Crippen molar-refractivity contribution in [1.82, 2.24) is 15.3 Å². The number of amides is 1. The summed E-state index contributed by atoms with van der Waals surface area (Å²) in [6, 6.07) is 1.63. The first-order chi connectivity index (χ1) is 9.18. The molecular weight excluding hydrogens is 254 g/mol. The molecule has 0 aromatic carbocycles. The first kappa shape index (κ1) is 16.2. The predicted molar refractivity (Wildman–Crippen MR) is 81.5 cm³/mol. The summed E-state index contributed by atoms with van der Waals surface area (Å²) < 4.78 is 0. The van der Waals surface area contributed by atoms with Gasteiger partial charge in [-0.2, -0.15) is 0 Å². The second-order valence-corrected chi connectivity index (χ2v) is 6.30. The molecule has 0 spiro atoms. The molecule has 1 rings (SSSR count). The summed E-state index contributed by atoms with van der Waals surface area (Å²) in [5.74, 6) is 1.99. The summed E-state index contributed by atoms with van der Waals surface area (Å²) in [6.45, 7) is 11.0. The second-order valence-electron chi connectivity index (χ2n) is 6.30. The molecule has 1 heterocycles. The molecule has 4 N–H and O–H groups in total. The van der Waals surface area contributed by atoms with Gasteiger partial charge in [-0.05, 0) is 5.92 Å². The Morgan fingerprint density at radius 2 is 2.00 bits per heavy atom. The Hall–Kier alpha value is -1.85. The number of aromatic nitrogens is 2. The molecule has 6 heteroatoms. The number of nitrogens with one attached hydrogen (secondary N) is 2. The van der Waals surface area contributed by atoms with Crippen LogP contribution in [0.2, 0.25) is 0 Å². The van der Waals surface area contributed by atoms with E-state index in [9.17, 15) is 4.79 Å². The van der Waals surface area contributed by atoms with Crippen molar-refractivity contribution in [1.29, 1.82) is 0 Å². The number of carbonyl (C=O) groups is 1. The molecule has 0 aliphatic carbocycles. The summed E-state index contributed by atoms with van der Waals surface area (Å²) >= 11 is 0. The molecule has 1 amide bonds. The zero-order valence-electron chi connectivity index (χ0n) is 12.9. The molecule has 0 bridgehead atoms. The fourth-order valence-electron chi connectivity index (χ4n) is 1.44. The molecule has 0 saturated heterocycles. The second kappa shape index (κ2) is 6.54. The van der Waals surface area contributed by atoms with E-state index in [1.165, 1.54) is 0 Å². The number of carbonyl (C=O) groups excluding carboxylic acids is 1. The number of hydrogen-bond donors (Lipinski definition) is 3. The van der Waals surface area contributed by atoms with Gasteiger partial charge in [0.25, 0.3) is 0 Å². The highest BCUT2D eigenvalue weighted by atomic mass is 16.1. The molecular formula is C14H25N5O. The van der Waals surface area contributed by atoms with Gasteiger partial charge in [-0.25, -0.2) is 9.97 Å². The zero-order valence-corrected chi connectivity index (χ0v) is 12.9. The van der Waals surface area contributed by atoms with Gasteiger partial charge in [-0.3, -0.25) is 4.79 Å². The third kappa shape index (κ3) is 5.42. The Kier molecular flexibility index (Phi) is 5.30. The third-order valence-electron chi connectivity index (χ3n) is 2.55. The summed E-state index contributed by atoms with van der Waals surface area (Å²) in [4.78, 5) is 20.2. The van der Waals surface area contributed by atoms with Crippen molar-refractivity contribution in [3.8, 4) is 0 Å². The minimum atomic E-state index is -0.189. The van der Waals surface area contributed by atoms with E-state index < -0.39 is 0 Å². The van der Waals surface area contributed by atoms with Crippen molar-refractivity contribution in [2.75, 3.05) is 24.1 Å². The van der Waals surface area contributed by atoms with Crippen molar-refractivity contribution in [3.63, 3.8) is 0 Å². The van der Waals surface area contributed by atoms with Crippen LogP contribution in [-0.2, 0) is 10.2 Å². The number of rotatable bonds is 5. The van der Waals surface area contributed by atoms with E-state index in [-0.39, 0.29) is 17.9 Å².